The summed E-state index contributed by atoms with van der Waals surface area (Å²) < 4.78 is 21.2. The number of primary amides is 1. The smallest absolute Gasteiger partial charge is 0.315 e. The van der Waals surface area contributed by atoms with Gasteiger partial charge in [0.2, 0.25) is 11.9 Å². The van der Waals surface area contributed by atoms with Crippen molar-refractivity contribution >= 4 is 46.2 Å². The highest BCUT2D eigenvalue weighted by molar-refractivity contribution is 6.33. The highest BCUT2D eigenvalue weighted by Gasteiger charge is 2.38. The van der Waals surface area contributed by atoms with Gasteiger partial charge in [-0.05, 0) is 49.3 Å². The number of hydrazone groups is 1. The molecule has 1 saturated carbocycles. The first-order valence-corrected chi connectivity index (χ1v) is 13.2. The third-order valence-electron chi connectivity index (χ3n) is 7.15. The Labute approximate surface area is 235 Å². The summed E-state index contributed by atoms with van der Waals surface area (Å²) in [7, 11) is 3.24. The summed E-state index contributed by atoms with van der Waals surface area (Å²) in [6.07, 6.45) is 5.55. The molecule has 2 aromatic rings. The van der Waals surface area contributed by atoms with Gasteiger partial charge in [0.05, 0.1) is 30.2 Å². The molecule has 1 aliphatic carbocycles. The zero-order valence-corrected chi connectivity index (χ0v) is 22.8. The molecule has 3 N–H and O–H groups in total. The van der Waals surface area contributed by atoms with Crippen molar-refractivity contribution in [1.82, 2.24) is 20.4 Å². The number of methoxy groups -OCH3 is 1. The fraction of sp³-hybridized carbons (Fsp3) is 0.357. The first kappa shape index (κ1) is 27.4. The minimum absolute atomic E-state index is 0.0767. The first-order chi connectivity index (χ1) is 19.2. The zero-order valence-electron chi connectivity index (χ0n) is 22.1. The number of halogens is 2. The van der Waals surface area contributed by atoms with Gasteiger partial charge in [-0.25, -0.2) is 0 Å². The lowest BCUT2D eigenvalue weighted by Crippen LogP contribution is -2.37. The molecule has 0 spiro atoms. The molecule has 10 nitrogen and oxygen atoms in total. The van der Waals surface area contributed by atoms with E-state index in [1.165, 1.54) is 10.8 Å². The van der Waals surface area contributed by atoms with E-state index in [2.05, 4.69) is 39.0 Å². The molecule has 1 saturated heterocycles. The van der Waals surface area contributed by atoms with Crippen LogP contribution < -0.4 is 11.1 Å². The predicted molar refractivity (Wildman–Crippen MR) is 148 cm³/mol. The highest BCUT2D eigenvalue weighted by Crippen LogP contribution is 2.44. The van der Waals surface area contributed by atoms with Gasteiger partial charge >= 0.3 is 5.82 Å². The van der Waals surface area contributed by atoms with Crippen LogP contribution in [0, 0.1) is 23.7 Å². The Morgan fingerprint density at radius 3 is 2.77 bits per heavy atom. The molecular formula is C28H28ClFN7O3+. The number of ether oxygens (including phenoxy) is 1. The van der Waals surface area contributed by atoms with Crippen molar-refractivity contribution in [2.75, 3.05) is 27.3 Å². The number of aromatic nitrogens is 2. The minimum Gasteiger partial charge on any atom is -0.383 e. The lowest BCUT2D eigenvalue weighted by atomic mass is 10.0. The molecule has 2 amide bonds. The van der Waals surface area contributed by atoms with Crippen LogP contribution in [-0.2, 0) is 14.3 Å². The maximum atomic E-state index is 14.4. The molecule has 12 heteroatoms. The number of hydrogen-bond donors (Lipinski definition) is 2. The molecule has 0 bridgehead atoms. The summed E-state index contributed by atoms with van der Waals surface area (Å²) in [5.74, 6) is 4.82. The van der Waals surface area contributed by atoms with E-state index in [-0.39, 0.29) is 35.1 Å². The summed E-state index contributed by atoms with van der Waals surface area (Å²) in [5, 5.41) is 16.1. The van der Waals surface area contributed by atoms with Crippen LogP contribution in [0.2, 0.25) is 5.02 Å². The Bertz CT molecular complexity index is 1590. The molecule has 40 heavy (non-hydrogen) atoms. The van der Waals surface area contributed by atoms with E-state index in [0.29, 0.717) is 52.4 Å². The van der Waals surface area contributed by atoms with Crippen LogP contribution in [0.5, 0.6) is 0 Å². The molecule has 2 fully saturated rings. The van der Waals surface area contributed by atoms with Crippen LogP contribution in [0.25, 0.3) is 10.9 Å². The van der Waals surface area contributed by atoms with Crippen molar-refractivity contribution in [2.24, 2.45) is 16.8 Å². The van der Waals surface area contributed by atoms with Crippen LogP contribution in [0.3, 0.4) is 0 Å². The maximum absolute atomic E-state index is 14.4. The van der Waals surface area contributed by atoms with Crippen LogP contribution in [0.15, 0.2) is 41.3 Å². The fourth-order valence-electron chi connectivity index (χ4n) is 5.21. The van der Waals surface area contributed by atoms with Crippen LogP contribution in [0.4, 0.5) is 4.39 Å². The summed E-state index contributed by atoms with van der Waals surface area (Å²) in [6, 6.07) is 3.18. The largest absolute Gasteiger partial charge is 0.383 e. The monoisotopic (exact) mass is 564 g/mol. The number of amides is 2. The topological polar surface area (TPSA) is 126 Å². The molecule has 3 aliphatic rings. The third kappa shape index (κ3) is 5.20. The lowest BCUT2D eigenvalue weighted by molar-refractivity contribution is -0.481. The Balaban J connectivity index is 1.49. The van der Waals surface area contributed by atoms with Crippen LogP contribution in [-0.4, -0.2) is 76.9 Å². The Morgan fingerprint density at radius 1 is 1.35 bits per heavy atom. The molecule has 1 aromatic carbocycles. The molecule has 5 rings (SSSR count). The van der Waals surface area contributed by atoms with Gasteiger partial charge < -0.3 is 15.4 Å². The van der Waals surface area contributed by atoms with Crippen molar-refractivity contribution in [2.45, 2.75) is 31.2 Å². The number of nitrogens with zero attached hydrogens (tertiary/aromatic N) is 5. The second-order valence-corrected chi connectivity index (χ2v) is 10.3. The number of carbonyl (C=O) groups is 2. The van der Waals surface area contributed by atoms with Gasteiger partial charge in [-0.3, -0.25) is 14.9 Å². The number of benzene rings is 1. The van der Waals surface area contributed by atoms with E-state index in [0.717, 1.165) is 12.8 Å². The van der Waals surface area contributed by atoms with E-state index < -0.39 is 11.9 Å². The average Bonchev–Trinajstić information content (AvgIpc) is 3.59. The molecule has 1 aromatic heterocycles. The number of fused-ring (bicyclic) bond motifs is 1. The molecule has 1 unspecified atom stereocenters. The predicted octanol–water partition coefficient (Wildman–Crippen LogP) is 2.07. The van der Waals surface area contributed by atoms with Crippen molar-refractivity contribution in [3.05, 3.63) is 58.3 Å². The Kier molecular flexibility index (Phi) is 7.65. The van der Waals surface area contributed by atoms with Crippen LogP contribution >= 0.6 is 11.6 Å². The standard InChI is InChI=1S/C28H27ClFN7O3/c1-4-23(38)36-12-15(9-18(36)14-40-3)13-37-28(32-2)25(27(31)39)21(35-37)8-7-17-10-22-19(11-20(17)29)24(16-5-6-16)26(30)34-33-22/h4,10-11,13,15-16,18H,1,5-6,9,12,14H2,2-3H3,(H2-,31,32,35,39)/p+1/b37-13+/t15?,18-/m1/s1. The van der Waals surface area contributed by atoms with Gasteiger partial charge in [-0.2, -0.15) is 4.39 Å². The van der Waals surface area contributed by atoms with Gasteiger partial charge in [0.15, 0.2) is 11.3 Å². The number of likely N-dealkylation sites (tertiary alicyclic amines) is 1. The van der Waals surface area contributed by atoms with Gasteiger partial charge in [-0.15, -0.1) is 14.9 Å². The normalized spacial score (nSPS) is 21.4. The number of nitrogens with one attached hydrogen (secondary N) is 1. The van der Waals surface area contributed by atoms with Gasteiger partial charge in [0.25, 0.3) is 5.91 Å². The fourth-order valence-corrected chi connectivity index (χ4v) is 5.42. The summed E-state index contributed by atoms with van der Waals surface area (Å²) >= 11 is 6.53. The van der Waals surface area contributed by atoms with E-state index in [1.807, 2.05) is 6.21 Å². The maximum Gasteiger partial charge on any atom is 0.315 e. The number of carbonyl (C=O) groups excluding carboxylic acids is 2. The molecule has 0 radical (unpaired) electrons. The second-order valence-electron chi connectivity index (χ2n) is 9.86. The average molecular weight is 565 g/mol. The van der Waals surface area contributed by atoms with Gasteiger partial charge in [0, 0.05) is 36.1 Å². The Morgan fingerprint density at radius 2 is 2.12 bits per heavy atom. The van der Waals surface area contributed by atoms with Crippen molar-refractivity contribution < 1.29 is 23.4 Å². The van der Waals surface area contributed by atoms with E-state index >= 15 is 0 Å². The highest BCUT2D eigenvalue weighted by atomic mass is 35.5. The van der Waals surface area contributed by atoms with E-state index in [1.54, 1.807) is 31.2 Å². The number of nitrogens with two attached hydrogens (primary N) is 1. The quantitative estimate of drug-likeness (QED) is 0.301. The summed E-state index contributed by atoms with van der Waals surface area (Å²) in [6.45, 7) is 4.41. The zero-order chi connectivity index (χ0) is 28.6. The Hall–Kier alpha value is -4.14. The van der Waals surface area contributed by atoms with Crippen molar-refractivity contribution in [3.8, 4) is 11.8 Å². The first-order valence-electron chi connectivity index (χ1n) is 12.8. The number of hydrogen-bond acceptors (Lipinski definition) is 7. The lowest BCUT2D eigenvalue weighted by Gasteiger charge is -2.22. The SMILES string of the molecule is C=CC(=O)N1CC(/C=[N+]2/N=C(C#Cc3cc4nnc(F)c(C5CC5)c4cc3Cl)C(C(N)=O)=C2NC)C[C@@H]1COC. The molecule has 2 atom stereocenters. The molecule has 3 heterocycles. The van der Waals surface area contributed by atoms with Crippen molar-refractivity contribution in [1.29, 1.82) is 0 Å². The minimum atomic E-state index is -0.708. The van der Waals surface area contributed by atoms with E-state index in [4.69, 9.17) is 22.1 Å². The summed E-state index contributed by atoms with van der Waals surface area (Å²) in [4.78, 5) is 26.5. The third-order valence-corrected chi connectivity index (χ3v) is 7.47. The van der Waals surface area contributed by atoms with Crippen molar-refractivity contribution in [3.63, 3.8) is 0 Å². The van der Waals surface area contributed by atoms with Crippen LogP contribution in [0.1, 0.15) is 36.3 Å². The molecule has 2 aliphatic heterocycles. The molecular weight excluding hydrogens is 537 g/mol. The van der Waals surface area contributed by atoms with Gasteiger partial charge in [-0.1, -0.05) is 29.2 Å². The van der Waals surface area contributed by atoms with Gasteiger partial charge in [0.1, 0.15) is 6.21 Å². The van der Waals surface area contributed by atoms with E-state index in [9.17, 15) is 14.0 Å². The molecule has 206 valence electrons. The second kappa shape index (κ2) is 11.2. The number of rotatable bonds is 7. The summed E-state index contributed by atoms with van der Waals surface area (Å²) in [5.41, 5.74) is 7.42.